The second kappa shape index (κ2) is 11.3. The fourth-order valence-corrected chi connectivity index (χ4v) is 1.42. The van der Waals surface area contributed by atoms with Gasteiger partial charge in [-0.15, -0.1) is 0 Å². The largest absolute Gasteiger partial charge is 0.480 e. The molecule has 24 heavy (non-hydrogen) atoms. The zero-order chi connectivity index (χ0) is 18.5. The summed E-state index contributed by atoms with van der Waals surface area (Å²) in [5.74, 6) is -2.59. The van der Waals surface area contributed by atoms with Crippen molar-refractivity contribution >= 4 is 29.2 Å². The number of nitrogens with zero attached hydrogens (tertiary/aromatic N) is 3. The minimum Gasteiger partial charge on any atom is -0.480 e. The molecule has 0 fully saturated rings. The first-order valence-corrected chi connectivity index (χ1v) is 6.64. The number of amides is 1. The van der Waals surface area contributed by atoms with Crippen molar-refractivity contribution in [2.75, 3.05) is 11.9 Å². The molecule has 0 spiro atoms. The van der Waals surface area contributed by atoms with Crippen molar-refractivity contribution in [1.29, 1.82) is 0 Å². The maximum Gasteiger partial charge on any atom is 0.326 e. The minimum absolute atomic E-state index is 0.0131. The monoisotopic (exact) mass is 338 g/mol. The highest BCUT2D eigenvalue weighted by Gasteiger charge is 2.17. The summed E-state index contributed by atoms with van der Waals surface area (Å²) in [6.07, 6.45) is 0.0868. The first-order valence-electron chi connectivity index (χ1n) is 6.64. The average molecular weight is 338 g/mol. The van der Waals surface area contributed by atoms with Gasteiger partial charge in [0, 0.05) is 22.7 Å². The number of carbonyl (C=O) groups is 3. The number of benzene rings is 1. The van der Waals surface area contributed by atoms with Crippen LogP contribution in [0.1, 0.15) is 12.8 Å². The lowest BCUT2D eigenvalue weighted by atomic mass is 10.1. The number of carboxylic acid groups (broad SMARTS) is 2. The lowest BCUT2D eigenvalue weighted by Crippen LogP contribution is -2.30. The molecule has 1 rings (SSSR count). The summed E-state index contributed by atoms with van der Waals surface area (Å²) in [6, 6.07) is 5.37. The van der Waals surface area contributed by atoms with Crippen LogP contribution in [0.15, 0.2) is 29.4 Å². The third-order valence-electron chi connectivity index (χ3n) is 2.52. The number of aliphatic carboxylic acids is 2. The number of hydrogen-bond acceptors (Lipinski definition) is 6. The standard InChI is InChI=1S/C11H13N5O3.C2H5NO2/c12-10(17)6-5-9(11(18)19)14-7-1-3-8(4-2-7)15-16-13;3-1-2(4)5/h1-4,9,14H,5-6H2,(H2,12,17)(H,18,19);1,3H2,(H,4,5). The molecule has 130 valence electrons. The summed E-state index contributed by atoms with van der Waals surface area (Å²) in [5.41, 5.74) is 18.8. The van der Waals surface area contributed by atoms with Crippen LogP contribution in [-0.2, 0) is 14.4 Å². The molecule has 1 aromatic carbocycles. The number of carboxylic acids is 2. The van der Waals surface area contributed by atoms with Crippen molar-refractivity contribution in [2.24, 2.45) is 16.6 Å². The van der Waals surface area contributed by atoms with Gasteiger partial charge in [-0.2, -0.15) is 0 Å². The highest BCUT2D eigenvalue weighted by Crippen LogP contribution is 2.17. The molecule has 0 heterocycles. The van der Waals surface area contributed by atoms with Gasteiger partial charge in [0.15, 0.2) is 0 Å². The summed E-state index contributed by atoms with van der Waals surface area (Å²) in [7, 11) is 0. The normalized spacial score (nSPS) is 10.4. The molecule has 1 amide bonds. The molecule has 1 unspecified atom stereocenters. The van der Waals surface area contributed by atoms with E-state index in [1.165, 1.54) is 0 Å². The Morgan fingerprint density at radius 1 is 1.25 bits per heavy atom. The SMILES string of the molecule is NCC(=O)O.[N-]=[N+]=Nc1ccc(NC(CCC(N)=O)C(=O)O)cc1. The Bertz CT molecular complexity index is 612. The molecule has 0 bridgehead atoms. The number of anilines is 1. The Labute approximate surface area is 136 Å². The zero-order valence-corrected chi connectivity index (χ0v) is 12.6. The molecule has 7 N–H and O–H groups in total. The highest BCUT2D eigenvalue weighted by atomic mass is 16.4. The highest BCUT2D eigenvalue weighted by molar-refractivity contribution is 5.79. The lowest BCUT2D eigenvalue weighted by Gasteiger charge is -2.15. The van der Waals surface area contributed by atoms with Crippen molar-refractivity contribution in [1.82, 2.24) is 0 Å². The van der Waals surface area contributed by atoms with E-state index in [9.17, 15) is 14.4 Å². The lowest BCUT2D eigenvalue weighted by molar-refractivity contribution is -0.138. The summed E-state index contributed by atoms with van der Waals surface area (Å²) in [6.45, 7) is -0.278. The molecule has 0 aliphatic heterocycles. The van der Waals surface area contributed by atoms with Crippen LogP contribution in [0.5, 0.6) is 0 Å². The number of azide groups is 1. The van der Waals surface area contributed by atoms with Gasteiger partial charge in [-0.05, 0) is 24.1 Å². The van der Waals surface area contributed by atoms with Gasteiger partial charge >= 0.3 is 11.9 Å². The first-order chi connectivity index (χ1) is 11.3. The third kappa shape index (κ3) is 9.60. The first kappa shape index (κ1) is 20.7. The molecule has 0 aromatic heterocycles. The van der Waals surface area contributed by atoms with E-state index in [1.54, 1.807) is 24.3 Å². The summed E-state index contributed by atoms with van der Waals surface area (Å²) in [4.78, 5) is 33.5. The van der Waals surface area contributed by atoms with Crippen LogP contribution in [0.4, 0.5) is 11.4 Å². The Morgan fingerprint density at radius 3 is 2.17 bits per heavy atom. The minimum atomic E-state index is -1.07. The molecule has 11 nitrogen and oxygen atoms in total. The van der Waals surface area contributed by atoms with Crippen LogP contribution in [-0.4, -0.2) is 40.6 Å². The number of primary amides is 1. The molecule has 0 saturated carbocycles. The number of hydrogen-bond donors (Lipinski definition) is 5. The molecule has 0 aliphatic rings. The Morgan fingerprint density at radius 2 is 1.79 bits per heavy atom. The zero-order valence-electron chi connectivity index (χ0n) is 12.6. The quantitative estimate of drug-likeness (QED) is 0.261. The van der Waals surface area contributed by atoms with Gasteiger partial charge in [0.25, 0.3) is 0 Å². The number of nitrogens with two attached hydrogens (primary N) is 2. The summed E-state index contributed by atoms with van der Waals surface area (Å²) in [5, 5.41) is 22.8. The van der Waals surface area contributed by atoms with Gasteiger partial charge in [-0.25, -0.2) is 4.79 Å². The molecule has 1 atom stereocenters. The van der Waals surface area contributed by atoms with Crippen molar-refractivity contribution in [3.05, 3.63) is 34.7 Å². The van der Waals surface area contributed by atoms with E-state index >= 15 is 0 Å². The van der Waals surface area contributed by atoms with Gasteiger partial charge in [0.1, 0.15) is 6.04 Å². The van der Waals surface area contributed by atoms with E-state index in [-0.39, 0.29) is 19.4 Å². The molecule has 0 aliphatic carbocycles. The van der Waals surface area contributed by atoms with Gasteiger partial charge < -0.3 is 27.0 Å². The Kier molecular flexibility index (Phi) is 9.74. The topological polar surface area (TPSA) is 204 Å². The van der Waals surface area contributed by atoms with Crippen LogP contribution in [0.3, 0.4) is 0 Å². The van der Waals surface area contributed by atoms with Gasteiger partial charge in [0.05, 0.1) is 6.54 Å². The van der Waals surface area contributed by atoms with E-state index < -0.39 is 23.9 Å². The van der Waals surface area contributed by atoms with E-state index in [0.29, 0.717) is 11.4 Å². The third-order valence-corrected chi connectivity index (χ3v) is 2.52. The molecular formula is C13H18N6O5. The fourth-order valence-electron chi connectivity index (χ4n) is 1.42. The molecule has 0 radical (unpaired) electrons. The van der Waals surface area contributed by atoms with Crippen LogP contribution < -0.4 is 16.8 Å². The molecule has 0 saturated heterocycles. The predicted octanol–water partition coefficient (Wildman–Crippen LogP) is 0.789. The Hall–Kier alpha value is -3.30. The fraction of sp³-hybridized carbons (Fsp3) is 0.308. The van der Waals surface area contributed by atoms with Gasteiger partial charge in [-0.3, -0.25) is 9.59 Å². The average Bonchev–Trinajstić information content (AvgIpc) is 2.53. The van der Waals surface area contributed by atoms with Crippen molar-refractivity contribution in [3.8, 4) is 0 Å². The van der Waals surface area contributed by atoms with E-state index in [2.05, 4.69) is 21.1 Å². The van der Waals surface area contributed by atoms with Crippen LogP contribution in [0.2, 0.25) is 0 Å². The molecule has 11 heteroatoms. The van der Waals surface area contributed by atoms with Crippen molar-refractivity contribution in [2.45, 2.75) is 18.9 Å². The predicted molar refractivity (Wildman–Crippen MR) is 85.4 cm³/mol. The van der Waals surface area contributed by atoms with Gasteiger partial charge in [0.2, 0.25) is 5.91 Å². The second-order valence-electron chi connectivity index (χ2n) is 4.37. The number of rotatable bonds is 8. The van der Waals surface area contributed by atoms with E-state index in [1.807, 2.05) is 0 Å². The van der Waals surface area contributed by atoms with Crippen molar-refractivity contribution < 1.29 is 24.6 Å². The van der Waals surface area contributed by atoms with Gasteiger partial charge in [-0.1, -0.05) is 17.2 Å². The summed E-state index contributed by atoms with van der Waals surface area (Å²) >= 11 is 0. The van der Waals surface area contributed by atoms with Crippen LogP contribution in [0.25, 0.3) is 10.4 Å². The van der Waals surface area contributed by atoms with E-state index in [0.717, 1.165) is 0 Å². The maximum atomic E-state index is 11.0. The maximum absolute atomic E-state index is 11.0. The smallest absolute Gasteiger partial charge is 0.326 e. The summed E-state index contributed by atoms with van der Waals surface area (Å²) < 4.78 is 0. The number of nitrogens with one attached hydrogen (secondary N) is 1. The van der Waals surface area contributed by atoms with Crippen LogP contribution >= 0.6 is 0 Å². The van der Waals surface area contributed by atoms with E-state index in [4.69, 9.17) is 21.5 Å². The number of carbonyl (C=O) groups excluding carboxylic acids is 1. The Balaban J connectivity index is 0.000000922. The molecule has 1 aromatic rings. The van der Waals surface area contributed by atoms with Crippen molar-refractivity contribution in [3.63, 3.8) is 0 Å². The second-order valence-corrected chi connectivity index (χ2v) is 4.37. The van der Waals surface area contributed by atoms with Crippen LogP contribution in [0, 0.1) is 0 Å². The molecular weight excluding hydrogens is 320 g/mol.